The third kappa shape index (κ3) is 4.59. The number of hydrogen-bond acceptors (Lipinski definition) is 3. The first-order valence-corrected chi connectivity index (χ1v) is 7.57. The van der Waals surface area contributed by atoms with Gasteiger partial charge in [-0.2, -0.15) is 0 Å². The molecule has 114 valence electrons. The molecular weight excluding hydrogens is 266 g/mol. The number of amides is 1. The van der Waals surface area contributed by atoms with Crippen LogP contribution in [0.25, 0.3) is 0 Å². The second-order valence-electron chi connectivity index (χ2n) is 5.94. The van der Waals surface area contributed by atoms with E-state index in [0.29, 0.717) is 5.92 Å². The molecule has 4 nitrogen and oxygen atoms in total. The fourth-order valence-electron chi connectivity index (χ4n) is 2.69. The summed E-state index contributed by atoms with van der Waals surface area (Å²) in [7, 11) is 0. The van der Waals surface area contributed by atoms with Crippen molar-refractivity contribution in [1.29, 1.82) is 0 Å². The summed E-state index contributed by atoms with van der Waals surface area (Å²) in [4.78, 5) is 24.0. The van der Waals surface area contributed by atoms with Gasteiger partial charge in [0, 0.05) is 5.92 Å². The lowest BCUT2D eigenvalue weighted by Crippen LogP contribution is -2.42. The zero-order chi connectivity index (χ0) is 15.2. The molecule has 1 amide bonds. The van der Waals surface area contributed by atoms with Crippen LogP contribution in [0.4, 0.5) is 0 Å². The van der Waals surface area contributed by atoms with Crippen LogP contribution < -0.4 is 5.32 Å². The highest BCUT2D eigenvalue weighted by Gasteiger charge is 2.29. The molecule has 2 rings (SSSR count). The Morgan fingerprint density at radius 2 is 2.00 bits per heavy atom. The molecule has 2 unspecified atom stereocenters. The normalized spacial score (nSPS) is 22.6. The zero-order valence-corrected chi connectivity index (χ0v) is 12.7. The Morgan fingerprint density at radius 1 is 1.29 bits per heavy atom. The third-order valence-corrected chi connectivity index (χ3v) is 4.00. The number of carbonyl (C=O) groups is 2. The van der Waals surface area contributed by atoms with E-state index < -0.39 is 12.0 Å². The maximum atomic E-state index is 12.1. The van der Waals surface area contributed by atoms with Crippen LogP contribution >= 0.6 is 0 Å². The summed E-state index contributed by atoms with van der Waals surface area (Å²) >= 11 is 0. The Balaban J connectivity index is 1.76. The van der Waals surface area contributed by atoms with E-state index in [-0.39, 0.29) is 18.4 Å². The predicted molar refractivity (Wildman–Crippen MR) is 80.3 cm³/mol. The summed E-state index contributed by atoms with van der Waals surface area (Å²) < 4.78 is 5.22. The number of carbonyl (C=O) groups excluding carboxylic acids is 2. The van der Waals surface area contributed by atoms with Gasteiger partial charge in [-0.1, -0.05) is 37.3 Å². The average Bonchev–Trinajstić information content (AvgIpc) is 2.92. The van der Waals surface area contributed by atoms with E-state index >= 15 is 0 Å². The Bertz CT molecular complexity index is 486. The van der Waals surface area contributed by atoms with Crippen molar-refractivity contribution in [1.82, 2.24) is 5.32 Å². The highest BCUT2D eigenvalue weighted by Crippen LogP contribution is 2.30. The molecule has 0 spiro atoms. The van der Waals surface area contributed by atoms with Crippen LogP contribution in [0.15, 0.2) is 30.3 Å². The van der Waals surface area contributed by atoms with Crippen molar-refractivity contribution >= 4 is 11.9 Å². The van der Waals surface area contributed by atoms with Crippen LogP contribution in [0.3, 0.4) is 0 Å². The summed E-state index contributed by atoms with van der Waals surface area (Å²) in [6.45, 7) is 4.06. The highest BCUT2D eigenvalue weighted by atomic mass is 16.5. The molecule has 4 heteroatoms. The van der Waals surface area contributed by atoms with Gasteiger partial charge in [0.05, 0.1) is 0 Å². The minimum atomic E-state index is -0.600. The summed E-state index contributed by atoms with van der Waals surface area (Å²) in [5.74, 6) is 0.229. The van der Waals surface area contributed by atoms with Gasteiger partial charge in [-0.05, 0) is 37.7 Å². The fourth-order valence-corrected chi connectivity index (χ4v) is 2.69. The first-order valence-electron chi connectivity index (χ1n) is 7.57. The van der Waals surface area contributed by atoms with Crippen LogP contribution in [-0.4, -0.2) is 17.9 Å². The van der Waals surface area contributed by atoms with Gasteiger partial charge in [-0.15, -0.1) is 0 Å². The van der Waals surface area contributed by atoms with Crippen LogP contribution in [0.1, 0.15) is 38.7 Å². The van der Waals surface area contributed by atoms with Crippen LogP contribution in [0.5, 0.6) is 0 Å². The monoisotopic (exact) mass is 289 g/mol. The Hall–Kier alpha value is -1.84. The number of nitrogens with one attached hydrogen (secondary N) is 1. The Labute approximate surface area is 125 Å². The van der Waals surface area contributed by atoms with Gasteiger partial charge in [0.1, 0.15) is 12.6 Å². The van der Waals surface area contributed by atoms with Crippen molar-refractivity contribution in [2.75, 3.05) is 0 Å². The summed E-state index contributed by atoms with van der Waals surface area (Å²) in [5.41, 5.74) is 0.939. The molecule has 1 aliphatic rings. The molecule has 1 fully saturated rings. The maximum absolute atomic E-state index is 12.1. The maximum Gasteiger partial charge on any atom is 0.328 e. The van der Waals surface area contributed by atoms with E-state index in [1.807, 2.05) is 30.3 Å². The molecule has 1 N–H and O–H groups in total. The minimum Gasteiger partial charge on any atom is -0.459 e. The van der Waals surface area contributed by atoms with Crippen molar-refractivity contribution < 1.29 is 14.3 Å². The van der Waals surface area contributed by atoms with Crippen LogP contribution in [0.2, 0.25) is 0 Å². The number of esters is 1. The van der Waals surface area contributed by atoms with Gasteiger partial charge in [0.15, 0.2) is 0 Å². The largest absolute Gasteiger partial charge is 0.459 e. The van der Waals surface area contributed by atoms with Crippen molar-refractivity contribution in [3.8, 4) is 0 Å². The predicted octanol–water partition coefficient (Wildman–Crippen LogP) is 2.67. The number of rotatable bonds is 5. The van der Waals surface area contributed by atoms with Gasteiger partial charge < -0.3 is 10.1 Å². The second-order valence-corrected chi connectivity index (χ2v) is 5.94. The molecule has 3 atom stereocenters. The van der Waals surface area contributed by atoms with E-state index in [1.165, 1.54) is 0 Å². The molecule has 1 aromatic rings. The van der Waals surface area contributed by atoms with Crippen molar-refractivity contribution in [3.05, 3.63) is 35.9 Å². The molecule has 0 bridgehead atoms. The Kier molecular flexibility index (Phi) is 5.37. The van der Waals surface area contributed by atoms with Gasteiger partial charge in [-0.3, -0.25) is 4.79 Å². The number of ether oxygens (including phenoxy) is 1. The lowest BCUT2D eigenvalue weighted by Gasteiger charge is -2.16. The molecular formula is C17H23NO3. The number of hydrogen-bond donors (Lipinski definition) is 1. The van der Waals surface area contributed by atoms with E-state index in [1.54, 1.807) is 6.92 Å². The zero-order valence-electron chi connectivity index (χ0n) is 12.7. The van der Waals surface area contributed by atoms with Crippen molar-refractivity contribution in [2.24, 2.45) is 11.8 Å². The molecule has 1 aromatic carbocycles. The van der Waals surface area contributed by atoms with E-state index in [4.69, 9.17) is 4.74 Å². The average molecular weight is 289 g/mol. The van der Waals surface area contributed by atoms with Crippen molar-refractivity contribution in [3.63, 3.8) is 0 Å². The summed E-state index contributed by atoms with van der Waals surface area (Å²) in [6, 6.07) is 8.91. The lowest BCUT2D eigenvalue weighted by molar-refractivity contribution is -0.149. The van der Waals surface area contributed by atoms with Gasteiger partial charge in [0.25, 0.3) is 0 Å². The smallest absolute Gasteiger partial charge is 0.328 e. The quantitative estimate of drug-likeness (QED) is 0.848. The standard InChI is InChI=1S/C17H23NO3/c1-12-8-9-15(10-12)16(19)18-13(2)17(20)21-11-14-6-4-3-5-7-14/h3-7,12-13,15H,8-11H2,1-2H3,(H,18,19)/t12?,13-,15?/m1/s1. The molecule has 0 aromatic heterocycles. The molecule has 21 heavy (non-hydrogen) atoms. The molecule has 0 heterocycles. The first kappa shape index (κ1) is 15.5. The number of benzene rings is 1. The molecule has 0 aliphatic heterocycles. The minimum absolute atomic E-state index is 0.0245. The third-order valence-electron chi connectivity index (χ3n) is 4.00. The first-order chi connectivity index (χ1) is 10.1. The van der Waals surface area contributed by atoms with Crippen molar-refractivity contribution in [2.45, 2.75) is 45.8 Å². The molecule has 1 aliphatic carbocycles. The summed E-state index contributed by atoms with van der Waals surface area (Å²) in [5, 5.41) is 2.76. The van der Waals surface area contributed by atoms with Gasteiger partial charge in [-0.25, -0.2) is 4.79 Å². The Morgan fingerprint density at radius 3 is 2.62 bits per heavy atom. The van der Waals surface area contributed by atoms with E-state index in [2.05, 4.69) is 12.2 Å². The second kappa shape index (κ2) is 7.25. The van der Waals surface area contributed by atoms with Crippen LogP contribution in [0, 0.1) is 11.8 Å². The molecule has 0 saturated heterocycles. The topological polar surface area (TPSA) is 55.4 Å². The van der Waals surface area contributed by atoms with Crippen LogP contribution in [-0.2, 0) is 20.9 Å². The van der Waals surface area contributed by atoms with E-state index in [9.17, 15) is 9.59 Å². The van der Waals surface area contributed by atoms with Gasteiger partial charge >= 0.3 is 5.97 Å². The highest BCUT2D eigenvalue weighted by molar-refractivity contribution is 5.85. The molecule has 0 radical (unpaired) electrons. The molecule has 1 saturated carbocycles. The summed E-state index contributed by atoms with van der Waals surface area (Å²) in [6.07, 6.45) is 2.92. The lowest BCUT2D eigenvalue weighted by atomic mass is 10.1. The SMILES string of the molecule is CC1CCC(C(=O)N[C@H](C)C(=O)OCc2ccccc2)C1. The van der Waals surface area contributed by atoms with E-state index in [0.717, 1.165) is 24.8 Å². The van der Waals surface area contributed by atoms with Gasteiger partial charge in [0.2, 0.25) is 5.91 Å². The fraction of sp³-hybridized carbons (Fsp3) is 0.529.